The van der Waals surface area contributed by atoms with Gasteiger partial charge in [-0.25, -0.2) is 0 Å². The minimum Gasteiger partial charge on any atom is -0.492 e. The summed E-state index contributed by atoms with van der Waals surface area (Å²) in [5, 5.41) is 19.8. The highest BCUT2D eigenvalue weighted by molar-refractivity contribution is 5.33. The van der Waals surface area contributed by atoms with Crippen molar-refractivity contribution >= 4 is 0 Å². The van der Waals surface area contributed by atoms with Crippen LogP contribution in [0.3, 0.4) is 0 Å². The molecule has 29 heavy (non-hydrogen) atoms. The molecule has 2 atom stereocenters. The molecule has 3 fully saturated rings. The molecule has 0 saturated carbocycles. The average Bonchev–Trinajstić information content (AvgIpc) is 2.75. The van der Waals surface area contributed by atoms with Crippen LogP contribution < -0.4 is 4.74 Å². The van der Waals surface area contributed by atoms with E-state index < -0.39 is 12.2 Å². The predicted molar refractivity (Wildman–Crippen MR) is 109 cm³/mol. The standard InChI is InChI=1S/C22H34N2O5/c25-19-15-22(29-17-20(19)26)5-7-24(8-6-22)16-18-3-1-2-4-21(18)28-14-11-23-9-12-27-13-10-23/h1-4,19-20,25-26H,5-17H2/t19-,20+/m1/s1. The molecule has 0 unspecified atom stereocenters. The Kier molecular flexibility index (Phi) is 7.05. The second-order valence-corrected chi connectivity index (χ2v) is 8.52. The van der Waals surface area contributed by atoms with Crippen molar-refractivity contribution < 1.29 is 24.4 Å². The molecule has 1 aromatic carbocycles. The first kappa shape index (κ1) is 21.0. The second-order valence-electron chi connectivity index (χ2n) is 8.52. The zero-order valence-electron chi connectivity index (χ0n) is 17.2. The molecule has 7 heteroatoms. The summed E-state index contributed by atoms with van der Waals surface area (Å²) in [5.74, 6) is 0.966. The third-order valence-electron chi connectivity index (χ3n) is 6.49. The van der Waals surface area contributed by atoms with Crippen LogP contribution >= 0.6 is 0 Å². The van der Waals surface area contributed by atoms with E-state index in [-0.39, 0.29) is 12.2 Å². The van der Waals surface area contributed by atoms with Crippen LogP contribution in [-0.4, -0.2) is 97.0 Å². The number of nitrogens with zero attached hydrogens (tertiary/aromatic N) is 2. The van der Waals surface area contributed by atoms with E-state index in [1.54, 1.807) is 0 Å². The average molecular weight is 407 g/mol. The lowest BCUT2D eigenvalue weighted by Crippen LogP contribution is -2.54. The van der Waals surface area contributed by atoms with Crippen LogP contribution in [0.15, 0.2) is 24.3 Å². The summed E-state index contributed by atoms with van der Waals surface area (Å²) in [6.45, 7) is 8.14. The Morgan fingerprint density at radius 2 is 1.76 bits per heavy atom. The molecule has 1 aromatic rings. The minimum atomic E-state index is -0.750. The molecule has 3 aliphatic heterocycles. The van der Waals surface area contributed by atoms with Crippen molar-refractivity contribution in [3.8, 4) is 5.75 Å². The molecular weight excluding hydrogens is 372 g/mol. The van der Waals surface area contributed by atoms with Gasteiger partial charge in [-0.3, -0.25) is 9.80 Å². The monoisotopic (exact) mass is 406 g/mol. The summed E-state index contributed by atoms with van der Waals surface area (Å²) in [5.41, 5.74) is 0.939. The van der Waals surface area contributed by atoms with Crippen LogP contribution in [-0.2, 0) is 16.0 Å². The van der Waals surface area contributed by atoms with Gasteiger partial charge >= 0.3 is 0 Å². The summed E-state index contributed by atoms with van der Waals surface area (Å²) in [4.78, 5) is 4.81. The van der Waals surface area contributed by atoms with Crippen molar-refractivity contribution in [2.24, 2.45) is 0 Å². The first-order valence-corrected chi connectivity index (χ1v) is 10.9. The van der Waals surface area contributed by atoms with Crippen molar-refractivity contribution in [2.45, 2.75) is 43.6 Å². The van der Waals surface area contributed by atoms with Gasteiger partial charge in [-0.2, -0.15) is 0 Å². The fraction of sp³-hybridized carbons (Fsp3) is 0.727. The van der Waals surface area contributed by atoms with Gasteiger partial charge in [0.25, 0.3) is 0 Å². The molecule has 0 aliphatic carbocycles. The molecule has 7 nitrogen and oxygen atoms in total. The van der Waals surface area contributed by atoms with Crippen LogP contribution in [0.5, 0.6) is 5.75 Å². The van der Waals surface area contributed by atoms with Gasteiger partial charge in [-0.05, 0) is 18.9 Å². The van der Waals surface area contributed by atoms with Gasteiger partial charge in [-0.15, -0.1) is 0 Å². The van der Waals surface area contributed by atoms with E-state index in [1.807, 2.05) is 6.07 Å². The van der Waals surface area contributed by atoms with Crippen LogP contribution in [0.4, 0.5) is 0 Å². The van der Waals surface area contributed by atoms with Crippen LogP contribution in [0.1, 0.15) is 24.8 Å². The second kappa shape index (κ2) is 9.73. The van der Waals surface area contributed by atoms with Gasteiger partial charge in [0.1, 0.15) is 18.5 Å². The number of ether oxygens (including phenoxy) is 3. The number of aliphatic hydroxyl groups is 2. The number of benzene rings is 1. The van der Waals surface area contributed by atoms with Crippen molar-refractivity contribution in [3.63, 3.8) is 0 Å². The van der Waals surface area contributed by atoms with Crippen LogP contribution in [0.25, 0.3) is 0 Å². The number of hydrogen-bond donors (Lipinski definition) is 2. The van der Waals surface area contributed by atoms with Crippen molar-refractivity contribution in [3.05, 3.63) is 29.8 Å². The van der Waals surface area contributed by atoms with E-state index in [2.05, 4.69) is 28.0 Å². The Labute approximate surface area is 173 Å². The normalized spacial score (nSPS) is 28.5. The number of hydrogen-bond acceptors (Lipinski definition) is 7. The van der Waals surface area contributed by atoms with Gasteiger partial charge in [0.05, 0.1) is 31.5 Å². The maximum Gasteiger partial charge on any atom is 0.123 e. The van der Waals surface area contributed by atoms with Crippen molar-refractivity contribution in [1.29, 1.82) is 0 Å². The quantitative estimate of drug-likeness (QED) is 0.726. The van der Waals surface area contributed by atoms with E-state index in [1.165, 1.54) is 5.56 Å². The van der Waals surface area contributed by atoms with E-state index in [4.69, 9.17) is 14.2 Å². The summed E-state index contributed by atoms with van der Waals surface area (Å²) >= 11 is 0. The van der Waals surface area contributed by atoms with E-state index in [0.717, 1.165) is 71.1 Å². The number of rotatable bonds is 6. The molecule has 162 valence electrons. The lowest BCUT2D eigenvalue weighted by molar-refractivity contribution is -0.188. The van der Waals surface area contributed by atoms with Gasteiger partial charge in [0.15, 0.2) is 0 Å². The molecular formula is C22H34N2O5. The largest absolute Gasteiger partial charge is 0.492 e. The van der Waals surface area contributed by atoms with Crippen LogP contribution in [0, 0.1) is 0 Å². The van der Waals surface area contributed by atoms with Crippen molar-refractivity contribution in [2.75, 3.05) is 59.2 Å². The number of aliphatic hydroxyl groups excluding tert-OH is 2. The summed E-state index contributed by atoms with van der Waals surface area (Å²) in [7, 11) is 0. The molecule has 3 aliphatic rings. The summed E-state index contributed by atoms with van der Waals surface area (Å²) in [6, 6.07) is 8.30. The number of likely N-dealkylation sites (tertiary alicyclic amines) is 1. The lowest BCUT2D eigenvalue weighted by atomic mass is 9.82. The fourth-order valence-electron chi connectivity index (χ4n) is 4.54. The zero-order chi connectivity index (χ0) is 20.1. The highest BCUT2D eigenvalue weighted by atomic mass is 16.5. The molecule has 2 N–H and O–H groups in total. The molecule has 0 bridgehead atoms. The third kappa shape index (κ3) is 5.48. The van der Waals surface area contributed by atoms with E-state index in [9.17, 15) is 10.2 Å². The SMILES string of the molecule is O[C@@H]1CC2(CCN(Cc3ccccc3OCCN3CCOCC3)CC2)OC[C@@H]1O. The Morgan fingerprint density at radius 1 is 1.00 bits per heavy atom. The maximum atomic E-state index is 10.0. The third-order valence-corrected chi connectivity index (χ3v) is 6.49. The van der Waals surface area contributed by atoms with Gasteiger partial charge in [-0.1, -0.05) is 18.2 Å². The molecule has 0 amide bonds. The first-order chi connectivity index (χ1) is 14.1. The van der Waals surface area contributed by atoms with Crippen molar-refractivity contribution in [1.82, 2.24) is 9.80 Å². The number of para-hydroxylation sites is 1. The Balaban J connectivity index is 1.27. The fourth-order valence-corrected chi connectivity index (χ4v) is 4.54. The maximum absolute atomic E-state index is 10.0. The summed E-state index contributed by atoms with van der Waals surface area (Å²) < 4.78 is 17.5. The number of piperidine rings is 1. The molecule has 1 spiro atoms. The molecule has 0 radical (unpaired) electrons. The minimum absolute atomic E-state index is 0.237. The van der Waals surface area contributed by atoms with Gasteiger partial charge in [0, 0.05) is 51.3 Å². The van der Waals surface area contributed by atoms with Gasteiger partial charge < -0.3 is 24.4 Å². The van der Waals surface area contributed by atoms with Crippen LogP contribution in [0.2, 0.25) is 0 Å². The zero-order valence-corrected chi connectivity index (χ0v) is 17.2. The number of morpholine rings is 1. The summed E-state index contributed by atoms with van der Waals surface area (Å²) in [6.07, 6.45) is 0.882. The van der Waals surface area contributed by atoms with E-state index in [0.29, 0.717) is 13.0 Å². The molecule has 3 saturated heterocycles. The predicted octanol–water partition coefficient (Wildman–Crippen LogP) is 0.874. The first-order valence-electron chi connectivity index (χ1n) is 10.9. The van der Waals surface area contributed by atoms with E-state index >= 15 is 0 Å². The Morgan fingerprint density at radius 3 is 2.52 bits per heavy atom. The topological polar surface area (TPSA) is 74.6 Å². The van der Waals surface area contributed by atoms with Gasteiger partial charge in [0.2, 0.25) is 0 Å². The molecule has 3 heterocycles. The Bertz CT molecular complexity index is 644. The Hall–Kier alpha value is -1.22. The smallest absolute Gasteiger partial charge is 0.123 e. The molecule has 4 rings (SSSR count). The highest BCUT2D eigenvalue weighted by Gasteiger charge is 2.42. The lowest BCUT2D eigenvalue weighted by Gasteiger charge is -2.46. The molecule has 0 aromatic heterocycles. The highest BCUT2D eigenvalue weighted by Crippen LogP contribution is 2.36.